The molecule has 1 fully saturated rings. The summed E-state index contributed by atoms with van der Waals surface area (Å²) >= 11 is 0. The van der Waals surface area contributed by atoms with Gasteiger partial charge in [0, 0.05) is 49.5 Å². The van der Waals surface area contributed by atoms with Gasteiger partial charge in [-0.2, -0.15) is 0 Å². The Morgan fingerprint density at radius 1 is 0.900 bits per heavy atom. The number of urea groups is 1. The van der Waals surface area contributed by atoms with Gasteiger partial charge in [0.05, 0.1) is 4.92 Å². The summed E-state index contributed by atoms with van der Waals surface area (Å²) in [4.78, 5) is 105. The van der Waals surface area contributed by atoms with Crippen molar-refractivity contribution in [3.8, 4) is 0 Å². The molecule has 0 radical (unpaired) electrons. The van der Waals surface area contributed by atoms with Crippen LogP contribution in [0.25, 0.3) is 10.4 Å². The van der Waals surface area contributed by atoms with E-state index in [0.717, 1.165) is 0 Å². The molecule has 1 saturated heterocycles. The third-order valence-corrected chi connectivity index (χ3v) is 8.69. The first-order valence-corrected chi connectivity index (χ1v) is 16.1. The Hall–Kier alpha value is -5.58. The second-order valence-electron chi connectivity index (χ2n) is 11.7. The van der Waals surface area contributed by atoms with Gasteiger partial charge in [0.1, 0.15) is 17.5 Å². The van der Waals surface area contributed by atoms with E-state index in [1.54, 1.807) is 0 Å². The average molecular weight is 704 g/mol. The molecule has 272 valence electrons. The largest absolute Gasteiger partial charge is 0.481 e. The van der Waals surface area contributed by atoms with E-state index in [9.17, 15) is 53.9 Å². The predicted octanol–water partition coefficient (Wildman–Crippen LogP) is 3.94. The van der Waals surface area contributed by atoms with Gasteiger partial charge >= 0.3 is 23.9 Å². The molecule has 0 aromatic heterocycles. The van der Waals surface area contributed by atoms with Gasteiger partial charge in [0.2, 0.25) is 17.7 Å². The Bertz CT molecular complexity index is 1510. The van der Waals surface area contributed by atoms with Gasteiger partial charge in [-0.25, -0.2) is 24.2 Å². The Kier molecular flexibility index (Phi) is 15.3. The highest BCUT2D eigenvalue weighted by Crippen LogP contribution is 2.39. The lowest BCUT2D eigenvalue weighted by molar-refractivity contribution is -0.384. The Morgan fingerprint density at radius 3 is 1.94 bits per heavy atom. The standard InChI is InChI=1S/C31H41N7O12/c1-3-31(4-2)28(46)36(30(48)37(29(31)47)23(27(44)45)15-16-25(40)41)22(26(42)43)9-6-8-18-35(24(39)10-5-7-17-33-34-32)19-20-11-13-21(14-12-20)38(49)50/h11-14,22-23H,3-10,15-19H2,1-2H3,(H,40,41)(H,42,43)(H,44,45)/t22-,23?/m0/s1. The van der Waals surface area contributed by atoms with Crippen LogP contribution in [0.2, 0.25) is 0 Å². The SMILES string of the molecule is CCC1(CC)C(=O)N(C(CCC(=O)O)C(=O)O)C(=O)N([C@@H](CCCCN(Cc2ccc([N+](=O)[O-])cc2)C(=O)CCCCN=[N+]=[N-])C(=O)O)C1=O. The fourth-order valence-corrected chi connectivity index (χ4v) is 5.77. The molecule has 5 amide bonds. The highest BCUT2D eigenvalue weighted by atomic mass is 16.6. The lowest BCUT2D eigenvalue weighted by atomic mass is 9.77. The Balaban J connectivity index is 2.32. The van der Waals surface area contributed by atoms with E-state index in [4.69, 9.17) is 10.6 Å². The van der Waals surface area contributed by atoms with Crippen molar-refractivity contribution in [3.05, 3.63) is 50.4 Å². The van der Waals surface area contributed by atoms with Gasteiger partial charge in [-0.3, -0.25) is 29.3 Å². The number of hydrogen-bond donors (Lipinski definition) is 3. The molecular formula is C31H41N7O12. The van der Waals surface area contributed by atoms with Crippen LogP contribution in [0.5, 0.6) is 0 Å². The lowest BCUT2D eigenvalue weighted by Crippen LogP contribution is -2.70. The zero-order chi connectivity index (χ0) is 37.6. The number of carboxylic acids is 3. The second kappa shape index (κ2) is 18.8. The zero-order valence-electron chi connectivity index (χ0n) is 27.8. The summed E-state index contributed by atoms with van der Waals surface area (Å²) in [6.07, 6.45) is -0.915. The number of carboxylic acid groups (broad SMARTS) is 3. The first-order chi connectivity index (χ1) is 23.7. The molecule has 1 aromatic carbocycles. The zero-order valence-corrected chi connectivity index (χ0v) is 27.8. The number of nitrogens with zero attached hydrogens (tertiary/aromatic N) is 7. The summed E-state index contributed by atoms with van der Waals surface area (Å²) < 4.78 is 0. The van der Waals surface area contributed by atoms with Crippen LogP contribution in [-0.4, -0.2) is 102 Å². The molecule has 1 unspecified atom stereocenters. The van der Waals surface area contributed by atoms with Gasteiger partial charge in [0.25, 0.3) is 5.69 Å². The second-order valence-corrected chi connectivity index (χ2v) is 11.7. The van der Waals surface area contributed by atoms with Crippen molar-refractivity contribution in [1.29, 1.82) is 0 Å². The normalized spacial score (nSPS) is 15.2. The number of amides is 5. The average Bonchev–Trinajstić information content (AvgIpc) is 3.06. The smallest absolute Gasteiger partial charge is 0.335 e. The molecule has 2 atom stereocenters. The number of aliphatic carboxylic acids is 3. The Morgan fingerprint density at radius 2 is 1.46 bits per heavy atom. The molecule has 3 N–H and O–H groups in total. The van der Waals surface area contributed by atoms with Crippen LogP contribution < -0.4 is 0 Å². The van der Waals surface area contributed by atoms with Crippen LogP contribution in [0, 0.1) is 15.5 Å². The van der Waals surface area contributed by atoms with Crippen LogP contribution in [0.1, 0.15) is 83.6 Å². The van der Waals surface area contributed by atoms with Crippen molar-refractivity contribution in [2.24, 2.45) is 10.5 Å². The number of azide groups is 1. The highest BCUT2D eigenvalue weighted by molar-refractivity contribution is 6.21. The topological polar surface area (TPSA) is 282 Å². The molecule has 1 aliphatic rings. The molecule has 0 aliphatic carbocycles. The third kappa shape index (κ3) is 9.97. The molecule has 0 saturated carbocycles. The van der Waals surface area contributed by atoms with E-state index in [1.165, 1.54) is 43.0 Å². The van der Waals surface area contributed by atoms with E-state index >= 15 is 0 Å². The van der Waals surface area contributed by atoms with Gasteiger partial charge in [0.15, 0.2) is 0 Å². The van der Waals surface area contributed by atoms with Gasteiger partial charge in [-0.15, -0.1) is 0 Å². The van der Waals surface area contributed by atoms with E-state index in [1.807, 2.05) is 0 Å². The first-order valence-electron chi connectivity index (χ1n) is 16.1. The van der Waals surface area contributed by atoms with Crippen molar-refractivity contribution in [1.82, 2.24) is 14.7 Å². The van der Waals surface area contributed by atoms with Crippen LogP contribution in [0.15, 0.2) is 29.4 Å². The number of nitro benzene ring substituents is 1. The van der Waals surface area contributed by atoms with Crippen LogP contribution in [-0.2, 0) is 35.3 Å². The molecule has 1 aliphatic heterocycles. The number of carbonyl (C=O) groups is 7. The fourth-order valence-electron chi connectivity index (χ4n) is 5.77. The summed E-state index contributed by atoms with van der Waals surface area (Å²) in [6, 6.07) is 0.304. The molecular weight excluding hydrogens is 662 g/mol. The van der Waals surface area contributed by atoms with Crippen molar-refractivity contribution >= 4 is 47.3 Å². The fraction of sp³-hybridized carbons (Fsp3) is 0.581. The minimum atomic E-state index is -1.97. The Labute approximate surface area is 286 Å². The number of unbranched alkanes of at least 4 members (excludes halogenated alkanes) is 2. The number of carbonyl (C=O) groups excluding carboxylic acids is 4. The number of barbiturate groups is 1. The number of imide groups is 2. The van der Waals surface area contributed by atoms with E-state index in [2.05, 4.69) is 10.0 Å². The summed E-state index contributed by atoms with van der Waals surface area (Å²) in [5, 5.41) is 43.6. The predicted molar refractivity (Wildman–Crippen MR) is 172 cm³/mol. The van der Waals surface area contributed by atoms with Crippen molar-refractivity contribution < 1.29 is 53.8 Å². The highest BCUT2D eigenvalue weighted by Gasteiger charge is 2.59. The first kappa shape index (κ1) is 40.6. The molecule has 50 heavy (non-hydrogen) atoms. The third-order valence-electron chi connectivity index (χ3n) is 8.69. The van der Waals surface area contributed by atoms with Gasteiger partial charge in [-0.1, -0.05) is 31.1 Å². The summed E-state index contributed by atoms with van der Waals surface area (Å²) in [6.45, 7) is 3.28. The molecule has 0 bridgehead atoms. The molecule has 1 aromatic rings. The number of nitro groups is 1. The molecule has 0 spiro atoms. The lowest BCUT2D eigenvalue weighted by Gasteiger charge is -2.46. The van der Waals surface area contributed by atoms with Crippen LogP contribution in [0.4, 0.5) is 10.5 Å². The number of non-ortho nitro benzene ring substituents is 1. The summed E-state index contributed by atoms with van der Waals surface area (Å²) in [5.41, 5.74) is 6.93. The van der Waals surface area contributed by atoms with Crippen molar-refractivity contribution in [2.45, 2.75) is 96.7 Å². The minimum absolute atomic E-state index is 0.0511. The van der Waals surface area contributed by atoms with Crippen molar-refractivity contribution in [3.63, 3.8) is 0 Å². The van der Waals surface area contributed by atoms with E-state index < -0.39 is 71.0 Å². The molecule has 1 heterocycles. The molecule has 19 nitrogen and oxygen atoms in total. The minimum Gasteiger partial charge on any atom is -0.481 e. The molecule has 19 heteroatoms. The van der Waals surface area contributed by atoms with Crippen molar-refractivity contribution in [2.75, 3.05) is 13.1 Å². The maximum Gasteiger partial charge on any atom is 0.335 e. The quantitative estimate of drug-likeness (QED) is 0.0294. The number of hydrogen-bond acceptors (Lipinski definition) is 10. The summed E-state index contributed by atoms with van der Waals surface area (Å²) in [5.74, 6) is -7.22. The van der Waals surface area contributed by atoms with Gasteiger partial charge < -0.3 is 20.2 Å². The van der Waals surface area contributed by atoms with Crippen LogP contribution >= 0.6 is 0 Å². The maximum atomic E-state index is 13.8. The number of rotatable bonds is 22. The van der Waals surface area contributed by atoms with E-state index in [-0.39, 0.29) is 69.8 Å². The van der Waals surface area contributed by atoms with Gasteiger partial charge in [-0.05, 0) is 62.5 Å². The maximum absolute atomic E-state index is 13.8. The molecule has 2 rings (SSSR count). The van der Waals surface area contributed by atoms with Crippen LogP contribution in [0.3, 0.4) is 0 Å². The number of benzene rings is 1. The van der Waals surface area contributed by atoms with E-state index in [0.29, 0.717) is 28.2 Å². The summed E-state index contributed by atoms with van der Waals surface area (Å²) in [7, 11) is 0. The monoisotopic (exact) mass is 703 g/mol.